The van der Waals surface area contributed by atoms with E-state index in [2.05, 4.69) is 5.32 Å². The van der Waals surface area contributed by atoms with Crippen LogP contribution in [0.25, 0.3) is 0 Å². The highest BCUT2D eigenvalue weighted by molar-refractivity contribution is 6.08. The molecule has 0 bridgehead atoms. The second kappa shape index (κ2) is 6.22. The van der Waals surface area contributed by atoms with Crippen LogP contribution in [0.2, 0.25) is 0 Å². The third-order valence-corrected chi connectivity index (χ3v) is 3.14. The Bertz CT molecular complexity index is 675. The van der Waals surface area contributed by atoms with Crippen molar-refractivity contribution >= 4 is 17.6 Å². The Morgan fingerprint density at radius 3 is 2.19 bits per heavy atom. The number of esters is 1. The summed E-state index contributed by atoms with van der Waals surface area (Å²) in [5.74, 6) is -0.734. The number of benzene rings is 2. The van der Waals surface area contributed by atoms with Gasteiger partial charge >= 0.3 is 5.97 Å². The summed E-state index contributed by atoms with van der Waals surface area (Å²) in [6.45, 7) is 3.83. The molecule has 2 aromatic carbocycles. The Hall–Kier alpha value is -2.62. The molecule has 108 valence electrons. The molecule has 0 fully saturated rings. The average molecular weight is 283 g/mol. The summed E-state index contributed by atoms with van der Waals surface area (Å²) in [7, 11) is 1.32. The topological polar surface area (TPSA) is 55.4 Å². The normalized spacial score (nSPS) is 10.0. The second-order valence-corrected chi connectivity index (χ2v) is 4.86. The van der Waals surface area contributed by atoms with E-state index in [4.69, 9.17) is 4.74 Å². The van der Waals surface area contributed by atoms with Crippen molar-refractivity contribution in [1.29, 1.82) is 0 Å². The van der Waals surface area contributed by atoms with Crippen LogP contribution in [-0.2, 0) is 4.74 Å². The monoisotopic (exact) mass is 283 g/mol. The van der Waals surface area contributed by atoms with E-state index in [-0.39, 0.29) is 5.91 Å². The van der Waals surface area contributed by atoms with E-state index in [0.29, 0.717) is 16.8 Å². The zero-order chi connectivity index (χ0) is 15.4. The number of carbonyl (C=O) groups excluding carboxylic acids is 2. The molecule has 0 aliphatic rings. The predicted molar refractivity (Wildman–Crippen MR) is 81.7 cm³/mol. The third-order valence-electron chi connectivity index (χ3n) is 3.14. The van der Waals surface area contributed by atoms with Gasteiger partial charge in [0.1, 0.15) is 0 Å². The first-order chi connectivity index (χ1) is 10.0. The fourth-order valence-corrected chi connectivity index (χ4v) is 1.95. The van der Waals surface area contributed by atoms with E-state index in [1.54, 1.807) is 24.3 Å². The molecule has 2 aromatic rings. The van der Waals surface area contributed by atoms with Crippen LogP contribution in [0, 0.1) is 13.8 Å². The molecule has 0 aromatic heterocycles. The largest absolute Gasteiger partial charge is 0.465 e. The van der Waals surface area contributed by atoms with Crippen molar-refractivity contribution in [3.8, 4) is 0 Å². The number of aryl methyl sites for hydroxylation is 2. The van der Waals surface area contributed by atoms with Gasteiger partial charge in [0.05, 0.1) is 18.4 Å². The van der Waals surface area contributed by atoms with Gasteiger partial charge < -0.3 is 10.1 Å². The molecular weight excluding hydrogens is 266 g/mol. The summed E-state index contributed by atoms with van der Waals surface area (Å²) in [6.07, 6.45) is 0. The van der Waals surface area contributed by atoms with E-state index in [0.717, 1.165) is 11.1 Å². The number of methoxy groups -OCH3 is 1. The first-order valence-corrected chi connectivity index (χ1v) is 6.58. The molecule has 21 heavy (non-hydrogen) atoms. The van der Waals surface area contributed by atoms with Crippen LogP contribution in [0.5, 0.6) is 0 Å². The van der Waals surface area contributed by atoms with Crippen LogP contribution >= 0.6 is 0 Å². The maximum Gasteiger partial charge on any atom is 0.339 e. The SMILES string of the molecule is COC(=O)c1cc(C)ccc1NC(=O)c1ccc(C)cc1. The zero-order valence-corrected chi connectivity index (χ0v) is 12.3. The highest BCUT2D eigenvalue weighted by atomic mass is 16.5. The highest BCUT2D eigenvalue weighted by Crippen LogP contribution is 2.19. The first-order valence-electron chi connectivity index (χ1n) is 6.58. The van der Waals surface area contributed by atoms with Crippen molar-refractivity contribution in [2.75, 3.05) is 12.4 Å². The Kier molecular flexibility index (Phi) is 4.38. The molecule has 4 nitrogen and oxygen atoms in total. The fourth-order valence-electron chi connectivity index (χ4n) is 1.95. The van der Waals surface area contributed by atoms with Crippen LogP contribution in [0.3, 0.4) is 0 Å². The Morgan fingerprint density at radius 2 is 1.57 bits per heavy atom. The second-order valence-electron chi connectivity index (χ2n) is 4.86. The maximum atomic E-state index is 12.2. The van der Waals surface area contributed by atoms with Gasteiger partial charge in [0.25, 0.3) is 5.91 Å². The highest BCUT2D eigenvalue weighted by Gasteiger charge is 2.15. The van der Waals surface area contributed by atoms with Gasteiger partial charge in [-0.1, -0.05) is 29.3 Å². The smallest absolute Gasteiger partial charge is 0.339 e. The molecule has 0 spiro atoms. The first kappa shape index (κ1) is 14.8. The minimum Gasteiger partial charge on any atom is -0.465 e. The number of hydrogen-bond donors (Lipinski definition) is 1. The van der Waals surface area contributed by atoms with Gasteiger partial charge in [-0.05, 0) is 38.1 Å². The van der Waals surface area contributed by atoms with Crippen LogP contribution in [0.1, 0.15) is 31.8 Å². The van der Waals surface area contributed by atoms with Crippen molar-refractivity contribution in [3.05, 3.63) is 64.7 Å². The number of amides is 1. The average Bonchev–Trinajstić information content (AvgIpc) is 2.48. The van der Waals surface area contributed by atoms with E-state index in [1.807, 2.05) is 32.0 Å². The van der Waals surface area contributed by atoms with E-state index in [9.17, 15) is 9.59 Å². The zero-order valence-electron chi connectivity index (χ0n) is 12.3. The van der Waals surface area contributed by atoms with Crippen molar-refractivity contribution in [1.82, 2.24) is 0 Å². The summed E-state index contributed by atoms with van der Waals surface area (Å²) < 4.78 is 4.74. The lowest BCUT2D eigenvalue weighted by Crippen LogP contribution is -2.15. The van der Waals surface area contributed by atoms with Crippen molar-refractivity contribution in [3.63, 3.8) is 0 Å². The number of hydrogen-bond acceptors (Lipinski definition) is 3. The summed E-state index contributed by atoms with van der Waals surface area (Å²) >= 11 is 0. The van der Waals surface area contributed by atoms with Gasteiger partial charge in [0.15, 0.2) is 0 Å². The molecule has 0 atom stereocenters. The van der Waals surface area contributed by atoms with E-state index in [1.165, 1.54) is 7.11 Å². The fraction of sp³-hybridized carbons (Fsp3) is 0.176. The summed E-state index contributed by atoms with van der Waals surface area (Å²) in [4.78, 5) is 24.0. The number of rotatable bonds is 3. The van der Waals surface area contributed by atoms with Gasteiger partial charge in [-0.25, -0.2) is 4.79 Å². The number of carbonyl (C=O) groups is 2. The van der Waals surface area contributed by atoms with Gasteiger partial charge in [-0.15, -0.1) is 0 Å². The van der Waals surface area contributed by atoms with Crippen LogP contribution in [0.4, 0.5) is 5.69 Å². The molecule has 2 rings (SSSR count). The van der Waals surface area contributed by atoms with Crippen LogP contribution in [-0.4, -0.2) is 19.0 Å². The summed E-state index contributed by atoms with van der Waals surface area (Å²) in [5.41, 5.74) is 3.33. The molecule has 1 N–H and O–H groups in total. The van der Waals surface area contributed by atoms with Gasteiger partial charge in [-0.2, -0.15) is 0 Å². The molecule has 0 aliphatic carbocycles. The van der Waals surface area contributed by atoms with Crippen molar-refractivity contribution in [2.24, 2.45) is 0 Å². The Labute approximate surface area is 123 Å². The van der Waals surface area contributed by atoms with Crippen LogP contribution < -0.4 is 5.32 Å². The molecule has 0 unspecified atom stereocenters. The summed E-state index contributed by atoms with van der Waals surface area (Å²) in [6, 6.07) is 12.4. The van der Waals surface area contributed by atoms with Crippen molar-refractivity contribution < 1.29 is 14.3 Å². The van der Waals surface area contributed by atoms with E-state index >= 15 is 0 Å². The van der Waals surface area contributed by atoms with E-state index < -0.39 is 5.97 Å². The molecule has 4 heteroatoms. The molecule has 1 amide bonds. The molecule has 0 saturated heterocycles. The summed E-state index contributed by atoms with van der Waals surface area (Å²) in [5, 5.41) is 2.75. The van der Waals surface area contributed by atoms with Crippen LogP contribution in [0.15, 0.2) is 42.5 Å². The van der Waals surface area contributed by atoms with Crippen molar-refractivity contribution in [2.45, 2.75) is 13.8 Å². The standard InChI is InChI=1S/C17H17NO3/c1-11-4-7-13(8-5-11)16(19)18-15-9-6-12(2)10-14(15)17(20)21-3/h4-10H,1-3H3,(H,18,19). The van der Waals surface area contributed by atoms with Gasteiger partial charge in [0.2, 0.25) is 0 Å². The van der Waals surface area contributed by atoms with Gasteiger partial charge in [0, 0.05) is 5.56 Å². The molecule has 0 aliphatic heterocycles. The molecular formula is C17H17NO3. The molecule has 0 radical (unpaired) electrons. The predicted octanol–water partition coefficient (Wildman–Crippen LogP) is 3.34. The molecule has 0 saturated carbocycles. The van der Waals surface area contributed by atoms with Gasteiger partial charge in [-0.3, -0.25) is 4.79 Å². The number of nitrogens with one attached hydrogen (secondary N) is 1. The molecule has 0 heterocycles. The third kappa shape index (κ3) is 3.48. The minimum atomic E-state index is -0.474. The lowest BCUT2D eigenvalue weighted by Gasteiger charge is -2.11. The Balaban J connectivity index is 2.28. The minimum absolute atomic E-state index is 0.260. The maximum absolute atomic E-state index is 12.2. The Morgan fingerprint density at radius 1 is 0.952 bits per heavy atom. The quantitative estimate of drug-likeness (QED) is 0.879. The number of ether oxygens (including phenoxy) is 1. The lowest BCUT2D eigenvalue weighted by molar-refractivity contribution is 0.0602. The lowest BCUT2D eigenvalue weighted by atomic mass is 10.1. The number of anilines is 1.